The topological polar surface area (TPSA) is 215 Å². The fourth-order valence-corrected chi connectivity index (χ4v) is 4.49. The first kappa shape index (κ1) is 40.6. The van der Waals surface area contributed by atoms with Crippen molar-refractivity contribution in [2.24, 2.45) is 23.3 Å². The minimum absolute atomic E-state index is 0.00823. The molecule has 15 nitrogen and oxygen atoms in total. The Bertz CT molecular complexity index is 1160. The molecule has 1 aromatic rings. The molecule has 1 rings (SSSR count). The third-order valence-corrected chi connectivity index (χ3v) is 7.50. The first-order valence-electron chi connectivity index (χ1n) is 15.9. The number of carbonyl (C=O) groups excluding carboxylic acids is 6. The lowest BCUT2D eigenvalue weighted by Crippen LogP contribution is -2.47. The molecule has 1 aromatic carbocycles. The van der Waals surface area contributed by atoms with E-state index in [9.17, 15) is 28.8 Å². The van der Waals surface area contributed by atoms with Crippen molar-refractivity contribution < 1.29 is 38.2 Å². The van der Waals surface area contributed by atoms with E-state index in [0.717, 1.165) is 19.3 Å². The van der Waals surface area contributed by atoms with Crippen molar-refractivity contribution in [3.05, 3.63) is 29.8 Å². The molecule has 15 heteroatoms. The number of likely N-dealkylation sites (N-methyl/N-ethyl adjacent to an activating group) is 2. The quantitative estimate of drug-likeness (QED) is 0.122. The summed E-state index contributed by atoms with van der Waals surface area (Å²) in [6.45, 7) is 5.00. The summed E-state index contributed by atoms with van der Waals surface area (Å²) >= 11 is 0. The van der Waals surface area contributed by atoms with E-state index >= 15 is 0 Å². The van der Waals surface area contributed by atoms with Gasteiger partial charge in [-0.2, -0.15) is 0 Å². The largest absolute Gasteiger partial charge is 0.453 e. The second-order valence-electron chi connectivity index (χ2n) is 11.7. The Morgan fingerprint density at radius 3 is 2.09 bits per heavy atom. The average Bonchev–Trinajstić information content (AvgIpc) is 3.04. The lowest BCUT2D eigenvalue weighted by molar-refractivity contribution is -0.133. The summed E-state index contributed by atoms with van der Waals surface area (Å²) < 4.78 is 9.96. The molecule has 0 aliphatic carbocycles. The third-order valence-electron chi connectivity index (χ3n) is 7.50. The molecule has 0 unspecified atom stereocenters. The third kappa shape index (κ3) is 16.6. The van der Waals surface area contributed by atoms with Crippen LogP contribution in [0.4, 0.5) is 20.1 Å². The summed E-state index contributed by atoms with van der Waals surface area (Å²) in [5.41, 5.74) is 11.8. The Morgan fingerprint density at radius 2 is 1.51 bits per heavy atom. The normalized spacial score (nSPS) is 12.0. The Labute approximate surface area is 277 Å². The van der Waals surface area contributed by atoms with Gasteiger partial charge in [0, 0.05) is 58.2 Å². The summed E-state index contributed by atoms with van der Waals surface area (Å²) in [4.78, 5) is 76.8. The lowest BCUT2D eigenvalue weighted by Gasteiger charge is -2.24. The zero-order valence-electron chi connectivity index (χ0n) is 28.3. The van der Waals surface area contributed by atoms with Gasteiger partial charge in [0.05, 0.1) is 7.11 Å². The van der Waals surface area contributed by atoms with Gasteiger partial charge < -0.3 is 46.7 Å². The van der Waals surface area contributed by atoms with Crippen molar-refractivity contribution >= 4 is 41.5 Å². The first-order valence-corrected chi connectivity index (χ1v) is 15.9. The zero-order valence-corrected chi connectivity index (χ0v) is 28.3. The van der Waals surface area contributed by atoms with Crippen LogP contribution in [0.3, 0.4) is 0 Å². The van der Waals surface area contributed by atoms with Crippen LogP contribution in [0.5, 0.6) is 0 Å². The SMILES string of the molecule is COC(=O)N(C)CCN(C)C(=O)OCc1ccc(NC(=O)[C@@H](CCCNC(N)=O)NC(=O)[C@H](CC(=O)CCCCCN)C(C)C)cc1. The van der Waals surface area contributed by atoms with E-state index in [-0.39, 0.29) is 50.8 Å². The van der Waals surface area contributed by atoms with Gasteiger partial charge in [-0.3, -0.25) is 14.4 Å². The van der Waals surface area contributed by atoms with E-state index in [1.807, 2.05) is 13.8 Å². The van der Waals surface area contributed by atoms with Crippen LogP contribution in [0, 0.1) is 11.8 Å². The maximum Gasteiger partial charge on any atom is 0.409 e. The summed E-state index contributed by atoms with van der Waals surface area (Å²) in [6.07, 6.45) is 2.37. The highest BCUT2D eigenvalue weighted by atomic mass is 16.6. The number of anilines is 1. The Balaban J connectivity index is 2.82. The number of hydrogen-bond acceptors (Lipinski definition) is 9. The van der Waals surface area contributed by atoms with Crippen LogP contribution in [0.1, 0.15) is 64.4 Å². The molecular weight excluding hydrogens is 610 g/mol. The predicted molar refractivity (Wildman–Crippen MR) is 177 cm³/mol. The number of Topliss-reactive ketones (excluding diaryl/α,β-unsaturated/α-hetero) is 1. The molecule has 264 valence electrons. The molecule has 0 radical (unpaired) electrons. The van der Waals surface area contributed by atoms with Gasteiger partial charge in [-0.1, -0.05) is 32.4 Å². The van der Waals surface area contributed by atoms with Gasteiger partial charge in [0.2, 0.25) is 11.8 Å². The molecule has 0 aromatic heterocycles. The average molecular weight is 664 g/mol. The molecule has 0 heterocycles. The minimum atomic E-state index is -0.938. The zero-order chi connectivity index (χ0) is 35.4. The molecule has 0 spiro atoms. The summed E-state index contributed by atoms with van der Waals surface area (Å²) in [5.74, 6) is -1.61. The van der Waals surface area contributed by atoms with Crippen LogP contribution >= 0.6 is 0 Å². The van der Waals surface area contributed by atoms with E-state index in [1.165, 1.54) is 16.9 Å². The van der Waals surface area contributed by atoms with Crippen molar-refractivity contribution in [1.29, 1.82) is 0 Å². The number of benzene rings is 1. The van der Waals surface area contributed by atoms with Gasteiger partial charge in [-0.05, 0) is 55.8 Å². The lowest BCUT2D eigenvalue weighted by atomic mass is 9.88. The molecule has 6 amide bonds. The summed E-state index contributed by atoms with van der Waals surface area (Å²) in [7, 11) is 4.39. The van der Waals surface area contributed by atoms with Crippen molar-refractivity contribution in [2.45, 2.75) is 71.4 Å². The molecule has 0 aliphatic heterocycles. The molecular formula is C32H53N7O8. The minimum Gasteiger partial charge on any atom is -0.453 e. The van der Waals surface area contributed by atoms with Gasteiger partial charge in [-0.15, -0.1) is 0 Å². The number of primary amides is 1. The van der Waals surface area contributed by atoms with Crippen LogP contribution in [0.2, 0.25) is 0 Å². The number of rotatable bonds is 21. The Kier molecular flexibility index (Phi) is 19.2. The Hall–Kier alpha value is -4.40. The van der Waals surface area contributed by atoms with Crippen LogP contribution < -0.4 is 27.4 Å². The number of hydrogen-bond donors (Lipinski definition) is 5. The number of nitrogens with one attached hydrogen (secondary N) is 3. The maximum absolute atomic E-state index is 13.3. The number of urea groups is 1. The van der Waals surface area contributed by atoms with E-state index in [4.69, 9.17) is 16.2 Å². The fraction of sp³-hybridized carbons (Fsp3) is 0.625. The van der Waals surface area contributed by atoms with E-state index in [2.05, 4.69) is 20.7 Å². The van der Waals surface area contributed by atoms with Crippen LogP contribution in [-0.4, -0.2) is 99.0 Å². The monoisotopic (exact) mass is 663 g/mol. The molecule has 0 fully saturated rings. The van der Waals surface area contributed by atoms with Crippen molar-refractivity contribution in [2.75, 3.05) is 52.7 Å². The number of methoxy groups -OCH3 is 1. The number of ketones is 1. The maximum atomic E-state index is 13.3. The second-order valence-corrected chi connectivity index (χ2v) is 11.7. The van der Waals surface area contributed by atoms with E-state index in [1.54, 1.807) is 38.4 Å². The summed E-state index contributed by atoms with van der Waals surface area (Å²) in [6, 6.07) is 5.03. The van der Waals surface area contributed by atoms with Crippen LogP contribution in [0.15, 0.2) is 24.3 Å². The highest BCUT2D eigenvalue weighted by Crippen LogP contribution is 2.19. The van der Waals surface area contributed by atoms with Gasteiger partial charge in [0.25, 0.3) is 0 Å². The number of unbranched alkanes of at least 4 members (excludes halogenated alkanes) is 2. The number of amides is 6. The van der Waals surface area contributed by atoms with Crippen LogP contribution in [-0.2, 0) is 30.5 Å². The van der Waals surface area contributed by atoms with Crippen molar-refractivity contribution in [3.63, 3.8) is 0 Å². The first-order chi connectivity index (χ1) is 22.3. The number of ether oxygens (including phenoxy) is 2. The van der Waals surface area contributed by atoms with Gasteiger partial charge in [0.1, 0.15) is 18.4 Å². The molecule has 2 atom stereocenters. The smallest absolute Gasteiger partial charge is 0.409 e. The highest BCUT2D eigenvalue weighted by molar-refractivity contribution is 5.98. The Morgan fingerprint density at radius 1 is 0.872 bits per heavy atom. The predicted octanol–water partition coefficient (Wildman–Crippen LogP) is 2.58. The second kappa shape index (κ2) is 22.2. The standard InChI is InChI=1S/C32H53N7O8/c1-22(2)26(20-25(40)10-7-6-8-16-33)28(41)37-27(11-9-17-35-30(34)43)29(42)36-24-14-12-23(13-15-24)21-47-32(45)39(4)19-18-38(3)31(44)46-5/h12-15,22,26-27H,6-11,16-21,33H2,1-5H3,(H,36,42)(H,37,41)(H3,34,35,43)/t26-,27-/m1/s1. The van der Waals surface area contributed by atoms with E-state index in [0.29, 0.717) is 30.6 Å². The van der Waals surface area contributed by atoms with Crippen molar-refractivity contribution in [1.82, 2.24) is 20.4 Å². The fourth-order valence-electron chi connectivity index (χ4n) is 4.49. The van der Waals surface area contributed by atoms with Crippen molar-refractivity contribution in [3.8, 4) is 0 Å². The molecule has 7 N–H and O–H groups in total. The summed E-state index contributed by atoms with van der Waals surface area (Å²) in [5, 5.41) is 8.08. The molecule has 0 bridgehead atoms. The molecule has 0 saturated carbocycles. The number of nitrogens with zero attached hydrogens (tertiary/aromatic N) is 2. The molecule has 0 aliphatic rings. The molecule has 47 heavy (non-hydrogen) atoms. The van der Waals surface area contributed by atoms with Gasteiger partial charge in [-0.25, -0.2) is 14.4 Å². The van der Waals surface area contributed by atoms with Gasteiger partial charge >= 0.3 is 18.2 Å². The van der Waals surface area contributed by atoms with Crippen LogP contribution in [0.25, 0.3) is 0 Å². The number of nitrogens with two attached hydrogens (primary N) is 2. The highest BCUT2D eigenvalue weighted by Gasteiger charge is 2.29. The number of carbonyl (C=O) groups is 6. The molecule has 0 saturated heterocycles. The van der Waals surface area contributed by atoms with E-state index < -0.39 is 42.0 Å². The van der Waals surface area contributed by atoms with Gasteiger partial charge in [0.15, 0.2) is 0 Å².